The molecule has 250 valence electrons. The molecule has 0 saturated heterocycles. The minimum Gasteiger partial charge on any atom is -0.495 e. The van der Waals surface area contributed by atoms with Crippen molar-refractivity contribution in [3.8, 4) is 17.2 Å². The van der Waals surface area contributed by atoms with Crippen molar-refractivity contribution in [1.82, 2.24) is 10.2 Å². The molecule has 1 N–H and O–H groups in total. The zero-order valence-electron chi connectivity index (χ0n) is 26.7. The number of methoxy groups -OCH3 is 3. The van der Waals surface area contributed by atoms with Crippen LogP contribution >= 0.6 is 34.8 Å². The Bertz CT molecular complexity index is 1660. The number of ether oxygens (including phenoxy) is 3. The van der Waals surface area contributed by atoms with E-state index in [-0.39, 0.29) is 50.1 Å². The van der Waals surface area contributed by atoms with E-state index in [1.165, 1.54) is 62.6 Å². The van der Waals surface area contributed by atoms with E-state index in [0.717, 1.165) is 4.31 Å². The summed E-state index contributed by atoms with van der Waals surface area (Å²) in [5.41, 5.74) is -0.213. The van der Waals surface area contributed by atoms with Crippen LogP contribution in [0.1, 0.15) is 39.7 Å². The monoisotopic (exact) mass is 713 g/mol. The Balaban J connectivity index is 2.22. The number of halogens is 3. The molecule has 0 saturated carbocycles. The molecule has 3 aromatic rings. The molecule has 0 radical (unpaired) electrons. The second-order valence-corrected chi connectivity index (χ2v) is 14.3. The zero-order chi connectivity index (χ0) is 34.4. The minimum absolute atomic E-state index is 0.000974. The molecule has 0 aliphatic carbocycles. The van der Waals surface area contributed by atoms with Crippen LogP contribution in [0.15, 0.2) is 59.5 Å². The first-order valence-electron chi connectivity index (χ1n) is 14.2. The smallest absolute Gasteiger partial charge is 0.265 e. The van der Waals surface area contributed by atoms with Gasteiger partial charge >= 0.3 is 0 Å². The Morgan fingerprint density at radius 1 is 0.870 bits per heavy atom. The van der Waals surface area contributed by atoms with Gasteiger partial charge in [0.05, 0.1) is 31.9 Å². The molecule has 46 heavy (non-hydrogen) atoms. The second kappa shape index (κ2) is 15.5. The van der Waals surface area contributed by atoms with E-state index < -0.39 is 40.0 Å². The van der Waals surface area contributed by atoms with E-state index in [1.54, 1.807) is 25.1 Å². The largest absolute Gasteiger partial charge is 0.495 e. The van der Waals surface area contributed by atoms with Crippen molar-refractivity contribution in [3.05, 3.63) is 75.2 Å². The predicted octanol–water partition coefficient (Wildman–Crippen LogP) is 6.59. The van der Waals surface area contributed by atoms with Gasteiger partial charge in [-0.15, -0.1) is 0 Å². The molecule has 0 bridgehead atoms. The van der Waals surface area contributed by atoms with E-state index in [0.29, 0.717) is 11.3 Å². The molecule has 3 aromatic carbocycles. The molecule has 0 aromatic heterocycles. The summed E-state index contributed by atoms with van der Waals surface area (Å²) in [6.07, 6.45) is 0.207. The summed E-state index contributed by atoms with van der Waals surface area (Å²) in [5.74, 6) is -0.533. The van der Waals surface area contributed by atoms with Gasteiger partial charge in [-0.25, -0.2) is 8.42 Å². The molecule has 0 spiro atoms. The van der Waals surface area contributed by atoms with Crippen LogP contribution in [0.3, 0.4) is 0 Å². The fourth-order valence-electron chi connectivity index (χ4n) is 4.70. The lowest BCUT2D eigenvalue weighted by Gasteiger charge is -2.35. The third-order valence-electron chi connectivity index (χ3n) is 6.91. The molecule has 1 atom stereocenters. The molecule has 0 heterocycles. The van der Waals surface area contributed by atoms with Gasteiger partial charge in [0.2, 0.25) is 11.8 Å². The van der Waals surface area contributed by atoms with Crippen LogP contribution in [0.5, 0.6) is 17.2 Å². The maximum Gasteiger partial charge on any atom is 0.265 e. The van der Waals surface area contributed by atoms with Crippen LogP contribution < -0.4 is 23.8 Å². The van der Waals surface area contributed by atoms with E-state index in [2.05, 4.69) is 5.32 Å². The lowest BCUT2D eigenvalue weighted by atomic mass is 10.1. The Hall–Kier alpha value is -3.38. The van der Waals surface area contributed by atoms with Gasteiger partial charge in [0.15, 0.2) is 11.5 Å². The number of nitrogens with one attached hydrogen (secondary N) is 1. The first-order chi connectivity index (χ1) is 21.6. The van der Waals surface area contributed by atoms with E-state index in [9.17, 15) is 18.0 Å². The average molecular weight is 715 g/mol. The van der Waals surface area contributed by atoms with Crippen molar-refractivity contribution >= 4 is 62.3 Å². The van der Waals surface area contributed by atoms with Gasteiger partial charge in [0, 0.05) is 38.8 Å². The second-order valence-electron chi connectivity index (χ2n) is 11.2. The predicted molar refractivity (Wildman–Crippen MR) is 181 cm³/mol. The van der Waals surface area contributed by atoms with Crippen molar-refractivity contribution in [2.24, 2.45) is 0 Å². The first-order valence-corrected chi connectivity index (χ1v) is 16.8. The van der Waals surface area contributed by atoms with Crippen LogP contribution in [0.4, 0.5) is 5.69 Å². The summed E-state index contributed by atoms with van der Waals surface area (Å²) in [4.78, 5) is 29.1. The number of hydrogen-bond acceptors (Lipinski definition) is 7. The average Bonchev–Trinajstić information content (AvgIpc) is 2.99. The fraction of sp³-hybridized carbons (Fsp3) is 0.375. The van der Waals surface area contributed by atoms with Gasteiger partial charge in [-0.3, -0.25) is 13.9 Å². The lowest BCUT2D eigenvalue weighted by Crippen LogP contribution is -2.55. The number of sulfonamides is 1. The van der Waals surface area contributed by atoms with Crippen molar-refractivity contribution in [1.29, 1.82) is 0 Å². The summed E-state index contributed by atoms with van der Waals surface area (Å²) in [5, 5.41) is 3.68. The SMILES string of the molecule is CC[C@H](C(=O)NC(C)(C)C)N(Cc1c(Cl)cccc1Cl)C(=O)CN(c1cc(Cl)ccc1OC)S(=O)(=O)c1ccc(OC)c(OC)c1. The molecule has 3 rings (SSSR count). The highest BCUT2D eigenvalue weighted by molar-refractivity contribution is 7.92. The molecular formula is C32H38Cl3N3O7S. The Labute approximate surface area is 285 Å². The molecule has 0 unspecified atom stereocenters. The highest BCUT2D eigenvalue weighted by Crippen LogP contribution is 2.37. The number of rotatable bonds is 13. The summed E-state index contributed by atoms with van der Waals surface area (Å²) >= 11 is 19.3. The van der Waals surface area contributed by atoms with Crippen molar-refractivity contribution in [2.75, 3.05) is 32.2 Å². The first kappa shape index (κ1) is 37.1. The molecule has 0 fully saturated rings. The number of hydrogen-bond donors (Lipinski definition) is 1. The standard InChI is InChI=1S/C32H38Cl3N3O7S/c1-8-25(31(40)36-32(2,3)4)37(18-22-23(34)10-9-11-24(22)35)30(39)19-38(26-16-20(33)12-14-27(26)43-5)46(41,42)21-13-15-28(44-6)29(17-21)45-7/h9-17,25H,8,18-19H2,1-7H3,(H,36,40)/t25-/m1/s1. The number of nitrogens with zero attached hydrogens (tertiary/aromatic N) is 2. The van der Waals surface area contributed by atoms with Crippen molar-refractivity contribution in [2.45, 2.75) is 57.1 Å². The zero-order valence-corrected chi connectivity index (χ0v) is 29.8. The maximum absolute atomic E-state index is 14.4. The summed E-state index contributed by atoms with van der Waals surface area (Å²) in [6.45, 7) is 6.28. The van der Waals surface area contributed by atoms with Crippen molar-refractivity contribution in [3.63, 3.8) is 0 Å². The van der Waals surface area contributed by atoms with Gasteiger partial charge in [-0.1, -0.05) is 47.8 Å². The topological polar surface area (TPSA) is 114 Å². The van der Waals surface area contributed by atoms with Crippen molar-refractivity contribution < 1.29 is 32.2 Å². The number of carbonyl (C=O) groups excluding carboxylic acids is 2. The highest BCUT2D eigenvalue weighted by Gasteiger charge is 2.36. The third kappa shape index (κ3) is 8.70. The molecular weight excluding hydrogens is 677 g/mol. The summed E-state index contributed by atoms with van der Waals surface area (Å²) in [7, 11) is -0.335. The van der Waals surface area contributed by atoms with Crippen LogP contribution in [-0.4, -0.2) is 64.6 Å². The van der Waals surface area contributed by atoms with Gasteiger partial charge in [0.1, 0.15) is 18.3 Å². The Kier molecular flexibility index (Phi) is 12.5. The lowest BCUT2D eigenvalue weighted by molar-refractivity contribution is -0.141. The fourth-order valence-corrected chi connectivity index (χ4v) is 6.82. The van der Waals surface area contributed by atoms with Crippen LogP contribution in [0.25, 0.3) is 0 Å². The maximum atomic E-state index is 14.4. The van der Waals surface area contributed by atoms with Crippen LogP contribution in [-0.2, 0) is 26.2 Å². The van der Waals surface area contributed by atoms with E-state index >= 15 is 0 Å². The number of amides is 2. The Morgan fingerprint density at radius 3 is 2.00 bits per heavy atom. The number of benzene rings is 3. The van der Waals surface area contributed by atoms with Crippen LogP contribution in [0, 0.1) is 0 Å². The molecule has 10 nitrogen and oxygen atoms in total. The van der Waals surface area contributed by atoms with E-state index in [1.807, 2.05) is 20.8 Å². The highest BCUT2D eigenvalue weighted by atomic mass is 35.5. The third-order valence-corrected chi connectivity index (χ3v) is 9.60. The quantitative estimate of drug-likeness (QED) is 0.213. The van der Waals surface area contributed by atoms with E-state index in [4.69, 9.17) is 49.0 Å². The molecule has 2 amide bonds. The summed E-state index contributed by atoms with van der Waals surface area (Å²) < 4.78 is 45.8. The number of anilines is 1. The molecule has 0 aliphatic heterocycles. The number of carbonyl (C=O) groups is 2. The molecule has 14 heteroatoms. The van der Waals surface area contributed by atoms with Gasteiger partial charge < -0.3 is 24.4 Å². The van der Waals surface area contributed by atoms with Gasteiger partial charge in [-0.2, -0.15) is 0 Å². The normalized spacial score (nSPS) is 12.2. The van der Waals surface area contributed by atoms with Gasteiger partial charge in [0.25, 0.3) is 10.0 Å². The van der Waals surface area contributed by atoms with Gasteiger partial charge in [-0.05, 0) is 69.7 Å². The van der Waals surface area contributed by atoms with Crippen LogP contribution in [0.2, 0.25) is 15.1 Å². The molecule has 0 aliphatic rings. The Morgan fingerprint density at radius 2 is 1.46 bits per heavy atom. The minimum atomic E-state index is -4.50. The summed E-state index contributed by atoms with van der Waals surface area (Å²) in [6, 6.07) is 12.3.